The molecule has 35 heavy (non-hydrogen) atoms. The number of pyridine rings is 1. The second kappa shape index (κ2) is 9.06. The summed E-state index contributed by atoms with van der Waals surface area (Å²) in [4.78, 5) is 29.0. The minimum atomic E-state index is -4.98. The average Bonchev–Trinajstić information content (AvgIpc) is 3.61. The lowest BCUT2D eigenvalue weighted by molar-refractivity contribution is -0.207. The Kier molecular flexibility index (Phi) is 5.30. The Bertz CT molecular complexity index is 1410. The number of alkyl halides is 3. The van der Waals surface area contributed by atoms with Crippen LogP contribution in [-0.2, 0) is 11.8 Å². The van der Waals surface area contributed by atoms with Crippen LogP contribution in [0.15, 0.2) is 24.4 Å². The van der Waals surface area contributed by atoms with Crippen LogP contribution in [0.25, 0.3) is 10.9 Å². The van der Waals surface area contributed by atoms with Crippen LogP contribution in [0.4, 0.5) is 30.5 Å². The lowest BCUT2D eigenvalue weighted by atomic mass is 10.0. The maximum absolute atomic E-state index is 13.3. The molecule has 1 atom stereocenters. The van der Waals surface area contributed by atoms with Crippen LogP contribution in [0.3, 0.4) is 0 Å². The van der Waals surface area contributed by atoms with E-state index in [4.69, 9.17) is 8.85 Å². The van der Waals surface area contributed by atoms with Crippen molar-refractivity contribution in [2.45, 2.75) is 25.1 Å². The van der Waals surface area contributed by atoms with Crippen molar-refractivity contribution in [2.75, 3.05) is 24.7 Å². The maximum atomic E-state index is 13.3. The van der Waals surface area contributed by atoms with Gasteiger partial charge >= 0.3 is 6.18 Å². The van der Waals surface area contributed by atoms with Gasteiger partial charge in [-0.25, -0.2) is 4.98 Å². The number of hydrogen-bond acceptors (Lipinski definition) is 7. The first-order chi connectivity index (χ1) is 17.7. The quantitative estimate of drug-likeness (QED) is 0.396. The van der Waals surface area contributed by atoms with Gasteiger partial charge in [0.05, 0.1) is 29.3 Å². The number of aliphatic hydroxyl groups excluding tert-OH is 1. The third-order valence-electron chi connectivity index (χ3n) is 5.52. The molecule has 1 unspecified atom stereocenters. The number of benzene rings is 1. The Balaban J connectivity index is 1.82. The van der Waals surface area contributed by atoms with E-state index in [0.717, 1.165) is 32.2 Å². The number of hydrogen-bond donors (Lipinski definition) is 4. The van der Waals surface area contributed by atoms with Crippen LogP contribution < -0.4 is 20.7 Å². The summed E-state index contributed by atoms with van der Waals surface area (Å²) < 4.78 is 68.5. The summed E-state index contributed by atoms with van der Waals surface area (Å²) in [5.41, 5.74) is -0.519. The monoisotopic (exact) mass is 495 g/mol. The van der Waals surface area contributed by atoms with Crippen molar-refractivity contribution in [1.82, 2.24) is 20.1 Å². The number of carbonyl (C=O) groups is 2. The van der Waals surface area contributed by atoms with Crippen molar-refractivity contribution in [3.05, 3.63) is 35.5 Å². The summed E-state index contributed by atoms with van der Waals surface area (Å²) in [6, 6.07) is 3.66. The molecule has 1 saturated carbocycles. The number of halogens is 3. The molecule has 1 aliphatic carbocycles. The van der Waals surface area contributed by atoms with Crippen LogP contribution >= 0.6 is 0 Å². The first-order valence-corrected chi connectivity index (χ1v) is 10.4. The highest BCUT2D eigenvalue weighted by Crippen LogP contribution is 2.43. The van der Waals surface area contributed by atoms with Gasteiger partial charge in [0.25, 0.3) is 5.91 Å². The number of nitrogens with one attached hydrogen (secondary N) is 3. The van der Waals surface area contributed by atoms with Gasteiger partial charge in [0, 0.05) is 41.9 Å². The average molecular weight is 495 g/mol. The number of fused-ring (bicyclic) bond motifs is 1. The molecule has 2 amide bonds. The van der Waals surface area contributed by atoms with E-state index in [1.165, 1.54) is 23.9 Å². The molecule has 3 aromatic rings. The molecule has 4 N–H and O–H groups in total. The zero-order valence-electron chi connectivity index (χ0n) is 21.5. The van der Waals surface area contributed by atoms with Crippen LogP contribution in [0.2, 0.25) is 0 Å². The first-order valence-electron chi connectivity index (χ1n) is 11.9. The highest BCUT2D eigenvalue weighted by molar-refractivity contribution is 6.04. The predicted octanol–water partition coefficient (Wildman–Crippen LogP) is 3.02. The lowest BCUT2D eigenvalue weighted by Gasteiger charge is -2.18. The number of aliphatic hydroxyl groups is 1. The molecule has 0 spiro atoms. The fourth-order valence-corrected chi connectivity index (χ4v) is 3.62. The van der Waals surface area contributed by atoms with Gasteiger partial charge in [0.1, 0.15) is 11.6 Å². The molecule has 13 heteroatoms. The minimum absolute atomic E-state index is 0.0447. The fraction of sp³-hybridized carbons (Fsp3) is 0.364. The van der Waals surface area contributed by atoms with Gasteiger partial charge in [0.2, 0.25) is 5.91 Å². The van der Waals surface area contributed by atoms with E-state index >= 15 is 0 Å². The smallest absolute Gasteiger partial charge is 0.418 e. The molecule has 1 aliphatic rings. The van der Waals surface area contributed by atoms with Crippen molar-refractivity contribution in [2.24, 2.45) is 13.0 Å². The van der Waals surface area contributed by atoms with E-state index in [-0.39, 0.29) is 45.8 Å². The number of methoxy groups -OCH3 is 1. The van der Waals surface area contributed by atoms with Gasteiger partial charge < -0.3 is 25.8 Å². The predicted molar refractivity (Wildman–Crippen MR) is 121 cm³/mol. The molecule has 0 bridgehead atoms. The standard InChI is InChI=1S/C22H23F3N6O4/c1-26-21(34)12-9-27-15(29-20(33)10-4-5-10)8-13(12)28-19-16-14(31(2)30-19)7-6-11(17(16)35-3)18(32)22(23,24)25/h6-10,18,32H,4-5H2,1-3H3,(H,26,34)(H2,27,28,29,30,33)/i1D3. The molecule has 4 rings (SSSR count). The number of aromatic nitrogens is 3. The van der Waals surface area contributed by atoms with Gasteiger partial charge in [-0.2, -0.15) is 18.3 Å². The maximum Gasteiger partial charge on any atom is 0.418 e. The number of anilines is 3. The second-order valence-corrected chi connectivity index (χ2v) is 7.96. The fourth-order valence-electron chi connectivity index (χ4n) is 3.62. The van der Waals surface area contributed by atoms with E-state index in [1.54, 1.807) is 0 Å². The van der Waals surface area contributed by atoms with Crippen LogP contribution in [0.5, 0.6) is 5.75 Å². The summed E-state index contributed by atoms with van der Waals surface area (Å²) in [6.07, 6.45) is -5.32. The topological polar surface area (TPSA) is 130 Å². The second-order valence-electron chi connectivity index (χ2n) is 7.96. The summed E-state index contributed by atoms with van der Waals surface area (Å²) in [5, 5.41) is 21.5. The molecule has 0 aliphatic heterocycles. The number of ether oxygens (including phenoxy) is 1. The highest BCUT2D eigenvalue weighted by atomic mass is 19.4. The molecule has 1 aromatic carbocycles. The SMILES string of the molecule is [2H]C([2H])([2H])NC(=O)c1cnc(NC(=O)C2CC2)cc1Nc1nn(C)c2ccc(C(O)C(F)(F)F)c(OC)c12. The van der Waals surface area contributed by atoms with E-state index in [2.05, 4.69) is 20.7 Å². The van der Waals surface area contributed by atoms with Crippen LogP contribution in [0.1, 0.15) is 39.0 Å². The Labute approximate surface area is 201 Å². The minimum Gasteiger partial charge on any atom is -0.496 e. The number of nitrogens with zero attached hydrogens (tertiary/aromatic N) is 3. The molecule has 2 heterocycles. The zero-order chi connectivity index (χ0) is 28.0. The molecule has 1 fully saturated rings. The summed E-state index contributed by atoms with van der Waals surface area (Å²) >= 11 is 0. The summed E-state index contributed by atoms with van der Waals surface area (Å²) in [5.74, 6) is -1.79. The molecular formula is C22H23F3N6O4. The summed E-state index contributed by atoms with van der Waals surface area (Å²) in [6.45, 7) is -2.82. The third-order valence-corrected chi connectivity index (χ3v) is 5.52. The van der Waals surface area contributed by atoms with Crippen molar-refractivity contribution < 1.29 is 36.7 Å². The van der Waals surface area contributed by atoms with Gasteiger partial charge in [-0.1, -0.05) is 6.07 Å². The van der Waals surface area contributed by atoms with Crippen molar-refractivity contribution in [3.8, 4) is 5.75 Å². The van der Waals surface area contributed by atoms with Crippen molar-refractivity contribution in [3.63, 3.8) is 0 Å². The van der Waals surface area contributed by atoms with Gasteiger partial charge in [-0.3, -0.25) is 14.3 Å². The molecule has 10 nitrogen and oxygen atoms in total. The van der Waals surface area contributed by atoms with Crippen molar-refractivity contribution >= 4 is 40.0 Å². The largest absolute Gasteiger partial charge is 0.496 e. The Morgan fingerprint density at radius 2 is 2.09 bits per heavy atom. The normalized spacial score (nSPS) is 16.1. The molecular weight excluding hydrogens is 469 g/mol. The lowest BCUT2D eigenvalue weighted by Crippen LogP contribution is -2.21. The number of aryl methyl sites for hydroxylation is 1. The first kappa shape index (κ1) is 20.5. The molecule has 0 saturated heterocycles. The number of rotatable bonds is 7. The van der Waals surface area contributed by atoms with E-state index in [1.807, 2.05) is 5.32 Å². The van der Waals surface area contributed by atoms with E-state index < -0.39 is 30.7 Å². The molecule has 186 valence electrons. The van der Waals surface area contributed by atoms with Gasteiger partial charge in [-0.05, 0) is 18.9 Å². The van der Waals surface area contributed by atoms with Crippen molar-refractivity contribution in [1.29, 1.82) is 0 Å². The molecule has 2 aromatic heterocycles. The third kappa shape index (κ3) is 4.71. The summed E-state index contributed by atoms with van der Waals surface area (Å²) in [7, 11) is 2.65. The van der Waals surface area contributed by atoms with Gasteiger partial charge in [0.15, 0.2) is 11.9 Å². The number of carbonyl (C=O) groups excluding carboxylic acids is 2. The zero-order valence-corrected chi connectivity index (χ0v) is 18.5. The number of amides is 2. The highest BCUT2D eigenvalue weighted by Gasteiger charge is 2.41. The Morgan fingerprint density at radius 1 is 1.34 bits per heavy atom. The van der Waals surface area contributed by atoms with Crippen LogP contribution in [-0.4, -0.2) is 51.9 Å². The van der Waals surface area contributed by atoms with E-state index in [9.17, 15) is 27.9 Å². The van der Waals surface area contributed by atoms with E-state index in [0.29, 0.717) is 5.52 Å². The van der Waals surface area contributed by atoms with Gasteiger partial charge in [-0.15, -0.1) is 0 Å². The van der Waals surface area contributed by atoms with Crippen LogP contribution in [0, 0.1) is 5.92 Å². The Hall–Kier alpha value is -3.87. The molecule has 0 radical (unpaired) electrons. The Morgan fingerprint density at radius 3 is 2.71 bits per heavy atom.